The van der Waals surface area contributed by atoms with Crippen LogP contribution < -0.4 is 15.1 Å². The summed E-state index contributed by atoms with van der Waals surface area (Å²) in [6.07, 6.45) is 0. The van der Waals surface area contributed by atoms with Crippen molar-refractivity contribution in [1.82, 2.24) is 10.2 Å². The second-order valence-electron chi connectivity index (χ2n) is 8.94. The van der Waals surface area contributed by atoms with Gasteiger partial charge in [-0.3, -0.25) is 9.69 Å². The van der Waals surface area contributed by atoms with E-state index in [9.17, 15) is 4.79 Å². The summed E-state index contributed by atoms with van der Waals surface area (Å²) in [5, 5.41) is 3.20. The molecule has 33 heavy (non-hydrogen) atoms. The van der Waals surface area contributed by atoms with E-state index in [2.05, 4.69) is 88.7 Å². The summed E-state index contributed by atoms with van der Waals surface area (Å²) in [4.78, 5) is 19.9. The quantitative estimate of drug-likeness (QED) is 0.590. The molecule has 5 heteroatoms. The Bertz CT molecular complexity index is 1040. The van der Waals surface area contributed by atoms with Gasteiger partial charge in [-0.15, -0.1) is 0 Å². The predicted octanol–water partition coefficient (Wildman–Crippen LogP) is 4.35. The third-order valence-electron chi connectivity index (χ3n) is 6.41. The van der Waals surface area contributed by atoms with Crippen LogP contribution in [0.4, 0.5) is 11.4 Å². The lowest BCUT2D eigenvalue weighted by Gasteiger charge is -2.40. The molecule has 0 saturated carbocycles. The third-order valence-corrected chi connectivity index (χ3v) is 6.41. The molecule has 0 radical (unpaired) electrons. The van der Waals surface area contributed by atoms with Crippen molar-refractivity contribution in [3.8, 4) is 0 Å². The van der Waals surface area contributed by atoms with Crippen LogP contribution in [0.5, 0.6) is 0 Å². The minimum atomic E-state index is -0.0171. The molecule has 5 nitrogen and oxygen atoms in total. The van der Waals surface area contributed by atoms with Gasteiger partial charge in [-0.2, -0.15) is 0 Å². The summed E-state index contributed by atoms with van der Waals surface area (Å²) in [5.41, 5.74) is 5.49. The molecule has 1 heterocycles. The highest BCUT2D eigenvalue weighted by atomic mass is 16.1. The van der Waals surface area contributed by atoms with Crippen LogP contribution in [0, 0.1) is 6.92 Å². The van der Waals surface area contributed by atoms with Gasteiger partial charge in [0.1, 0.15) is 0 Å². The van der Waals surface area contributed by atoms with Crippen LogP contribution in [0.15, 0.2) is 78.9 Å². The molecule has 1 saturated heterocycles. The van der Waals surface area contributed by atoms with Gasteiger partial charge in [-0.25, -0.2) is 0 Å². The Balaban J connectivity index is 1.48. The van der Waals surface area contributed by atoms with E-state index >= 15 is 0 Å². The van der Waals surface area contributed by atoms with Gasteiger partial charge in [-0.1, -0.05) is 48.0 Å². The first kappa shape index (κ1) is 22.9. The monoisotopic (exact) mass is 442 g/mol. The zero-order valence-electron chi connectivity index (χ0n) is 19.9. The van der Waals surface area contributed by atoms with Gasteiger partial charge in [0.05, 0.1) is 6.04 Å². The van der Waals surface area contributed by atoms with Gasteiger partial charge in [-0.05, 0) is 48.9 Å². The topological polar surface area (TPSA) is 38.8 Å². The average Bonchev–Trinajstić information content (AvgIpc) is 2.85. The fraction of sp³-hybridized carbons (Fsp3) is 0.321. The van der Waals surface area contributed by atoms with Crippen molar-refractivity contribution in [2.24, 2.45) is 0 Å². The van der Waals surface area contributed by atoms with E-state index in [1.165, 1.54) is 16.9 Å². The number of nitrogens with zero attached hydrogens (tertiary/aromatic N) is 3. The number of para-hydroxylation sites is 1. The maximum Gasteiger partial charge on any atom is 0.251 e. The maximum absolute atomic E-state index is 12.9. The molecule has 1 N–H and O–H groups in total. The molecule has 1 aliphatic heterocycles. The fourth-order valence-electron chi connectivity index (χ4n) is 4.46. The molecule has 0 aliphatic carbocycles. The summed E-state index contributed by atoms with van der Waals surface area (Å²) < 4.78 is 0. The van der Waals surface area contributed by atoms with Crippen LogP contribution in [-0.4, -0.2) is 57.6 Å². The van der Waals surface area contributed by atoms with Crippen LogP contribution in [0.2, 0.25) is 0 Å². The average molecular weight is 443 g/mol. The lowest BCUT2D eigenvalue weighted by Crippen LogP contribution is -2.50. The predicted molar refractivity (Wildman–Crippen MR) is 137 cm³/mol. The molecule has 1 amide bonds. The van der Waals surface area contributed by atoms with Gasteiger partial charge in [0, 0.05) is 63.8 Å². The number of hydrogen-bond donors (Lipinski definition) is 1. The zero-order valence-corrected chi connectivity index (χ0v) is 19.9. The van der Waals surface area contributed by atoms with Crippen molar-refractivity contribution in [3.63, 3.8) is 0 Å². The standard InChI is InChI=1S/C28H34N4O/c1-22-8-7-9-24(20-22)28(33)29-21-27(23-12-14-25(15-13-23)30(2)3)32-18-16-31(17-19-32)26-10-5-4-6-11-26/h4-15,20,27H,16-19,21H2,1-3H3,(H,29,33)/t27-/m0/s1. The van der Waals surface area contributed by atoms with Crippen LogP contribution in [0.3, 0.4) is 0 Å². The number of nitrogens with one attached hydrogen (secondary N) is 1. The zero-order chi connectivity index (χ0) is 23.2. The molecule has 1 atom stereocenters. The second kappa shape index (κ2) is 10.5. The highest BCUT2D eigenvalue weighted by Crippen LogP contribution is 2.26. The summed E-state index contributed by atoms with van der Waals surface area (Å²) in [6.45, 7) is 6.45. The van der Waals surface area contributed by atoms with E-state index in [-0.39, 0.29) is 11.9 Å². The molecule has 0 spiro atoms. The number of rotatable bonds is 7. The number of amides is 1. The first-order valence-electron chi connectivity index (χ1n) is 11.7. The van der Waals surface area contributed by atoms with E-state index in [1.54, 1.807) is 0 Å². The molecule has 1 aliphatic rings. The van der Waals surface area contributed by atoms with Gasteiger partial charge in [0.15, 0.2) is 0 Å². The number of piperazine rings is 1. The highest BCUT2D eigenvalue weighted by molar-refractivity contribution is 5.94. The summed E-state index contributed by atoms with van der Waals surface area (Å²) in [7, 11) is 4.11. The molecule has 3 aromatic carbocycles. The summed E-state index contributed by atoms with van der Waals surface area (Å²) in [6, 6.07) is 27.2. The van der Waals surface area contributed by atoms with Crippen molar-refractivity contribution in [2.45, 2.75) is 13.0 Å². The van der Waals surface area contributed by atoms with E-state index in [1.807, 2.05) is 31.2 Å². The van der Waals surface area contributed by atoms with Gasteiger partial charge in [0.2, 0.25) is 0 Å². The van der Waals surface area contributed by atoms with Crippen LogP contribution in [0.25, 0.3) is 0 Å². The van der Waals surface area contributed by atoms with Gasteiger partial charge in [0.25, 0.3) is 5.91 Å². The first-order chi connectivity index (χ1) is 16.0. The third kappa shape index (κ3) is 5.74. The molecule has 0 unspecified atom stereocenters. The lowest BCUT2D eigenvalue weighted by molar-refractivity contribution is 0.0930. The van der Waals surface area contributed by atoms with Crippen molar-refractivity contribution in [3.05, 3.63) is 95.6 Å². The molecule has 0 bridgehead atoms. The first-order valence-corrected chi connectivity index (χ1v) is 11.7. The molecule has 3 aromatic rings. The van der Waals surface area contributed by atoms with E-state index in [4.69, 9.17) is 0 Å². The molecular formula is C28H34N4O. The van der Waals surface area contributed by atoms with Crippen LogP contribution in [-0.2, 0) is 0 Å². The normalized spacial score (nSPS) is 15.2. The number of anilines is 2. The van der Waals surface area contributed by atoms with Crippen molar-refractivity contribution in [2.75, 3.05) is 56.6 Å². The van der Waals surface area contributed by atoms with Crippen molar-refractivity contribution < 1.29 is 4.79 Å². The number of hydrogen-bond acceptors (Lipinski definition) is 4. The van der Waals surface area contributed by atoms with Gasteiger partial charge >= 0.3 is 0 Å². The Hall–Kier alpha value is -3.31. The Labute approximate surface area is 197 Å². The minimum absolute atomic E-state index is 0.0171. The second-order valence-corrected chi connectivity index (χ2v) is 8.94. The smallest absolute Gasteiger partial charge is 0.251 e. The fourth-order valence-corrected chi connectivity index (χ4v) is 4.46. The minimum Gasteiger partial charge on any atom is -0.378 e. The Morgan fingerprint density at radius 1 is 0.909 bits per heavy atom. The van der Waals surface area contributed by atoms with Gasteiger partial charge < -0.3 is 15.1 Å². The Morgan fingerprint density at radius 2 is 1.61 bits per heavy atom. The number of benzene rings is 3. The number of aryl methyl sites for hydroxylation is 1. The van der Waals surface area contributed by atoms with Crippen molar-refractivity contribution >= 4 is 17.3 Å². The SMILES string of the molecule is Cc1cccc(C(=O)NC[C@@H](c2ccc(N(C)C)cc2)N2CCN(c3ccccc3)CC2)c1. The maximum atomic E-state index is 12.9. The molecule has 4 rings (SSSR count). The molecule has 172 valence electrons. The van der Waals surface area contributed by atoms with Crippen molar-refractivity contribution in [1.29, 1.82) is 0 Å². The molecular weight excluding hydrogens is 408 g/mol. The van der Waals surface area contributed by atoms with Crippen LogP contribution >= 0.6 is 0 Å². The Morgan fingerprint density at radius 3 is 2.24 bits per heavy atom. The van der Waals surface area contributed by atoms with E-state index < -0.39 is 0 Å². The van der Waals surface area contributed by atoms with E-state index in [0.29, 0.717) is 12.1 Å². The highest BCUT2D eigenvalue weighted by Gasteiger charge is 2.26. The summed E-state index contributed by atoms with van der Waals surface area (Å²) in [5.74, 6) is -0.0171. The van der Waals surface area contributed by atoms with Crippen LogP contribution in [0.1, 0.15) is 27.5 Å². The van der Waals surface area contributed by atoms with E-state index in [0.717, 1.165) is 31.7 Å². The number of carbonyl (C=O) groups excluding carboxylic acids is 1. The summed E-state index contributed by atoms with van der Waals surface area (Å²) >= 11 is 0. The molecule has 0 aromatic heterocycles. The molecule has 1 fully saturated rings. The Kier molecular flexibility index (Phi) is 7.30. The lowest BCUT2D eigenvalue weighted by atomic mass is 10.0. The largest absolute Gasteiger partial charge is 0.378 e. The number of carbonyl (C=O) groups is 1.